The van der Waals surface area contributed by atoms with Crippen LogP contribution < -0.4 is 35.7 Å². The molecule has 0 radical (unpaired) electrons. The van der Waals surface area contributed by atoms with Crippen molar-refractivity contribution >= 4 is 11.4 Å². The number of terminal acetylenes is 1. The Morgan fingerprint density at radius 1 is 0.620 bits per heavy atom. The van der Waals surface area contributed by atoms with Crippen LogP contribution in [0.4, 0.5) is 20.2 Å². The number of nitrogens with zero attached hydrogens (tertiary/aromatic N) is 4. The maximum Gasteiger partial charge on any atom is 0.223 e. The van der Waals surface area contributed by atoms with Crippen LogP contribution in [0.1, 0.15) is 246 Å². The molecule has 0 aromatic heterocycles. The van der Waals surface area contributed by atoms with Gasteiger partial charge in [0.05, 0.1) is 66.2 Å². The molecule has 14 nitrogen and oxygen atoms in total. The second-order valence-corrected chi connectivity index (χ2v) is 32.0. The van der Waals surface area contributed by atoms with Crippen molar-refractivity contribution in [2.75, 3.05) is 69.4 Å². The molecule has 108 heavy (non-hydrogen) atoms. The number of anilines is 2. The Morgan fingerprint density at radius 3 is 1.75 bits per heavy atom. The molecule has 2 aliphatic carbocycles. The number of aryl methyl sites for hydroxylation is 1. The first-order valence-corrected chi connectivity index (χ1v) is 39.8. The van der Waals surface area contributed by atoms with Crippen LogP contribution in [0.15, 0.2) is 131 Å². The molecule has 1 saturated carbocycles. The van der Waals surface area contributed by atoms with Crippen LogP contribution in [0.25, 0.3) is 0 Å². The Kier molecular flexibility index (Phi) is 48.5. The van der Waals surface area contributed by atoms with E-state index in [2.05, 4.69) is 156 Å². The van der Waals surface area contributed by atoms with Gasteiger partial charge in [0.25, 0.3) is 0 Å². The molecule has 0 amide bonds. The summed E-state index contributed by atoms with van der Waals surface area (Å²) in [6, 6.07) is 34.8. The molecule has 1 atom stereocenters. The van der Waals surface area contributed by atoms with Gasteiger partial charge in [-0.05, 0) is 307 Å². The van der Waals surface area contributed by atoms with Crippen LogP contribution in [-0.2, 0) is 48.1 Å². The van der Waals surface area contributed by atoms with Crippen molar-refractivity contribution in [3.63, 3.8) is 0 Å². The standard InChI is InChI=1S/C12H17N.C12H16O3.C12H14O.C11H23NO.C10H12N2O.C9H11F2N.C8H17N.C8H16O.C8H14O.2CH4/c1-10(2)13-9-5-7-11-6-3-4-8-12(11)13;1-9(2)13-8-12-14-7-10-5-3-4-6-11(10)15-12;1-4-11-5-7-12(8-6-11)9-13-10(2)3;1-11(2,3)13-9-6-10-4-7-12-8-5-10;1-7(2)13-8-3-4-9-10(5-8)12-6-11-9;1-6(2)12-9-7(10)4-3-5-8(9)11;1-8(2,3)9-6-4-5-7-9;1-7(2)9-6-8-4-3-5-8;1-7(2)9-8-5-3-4-6-8;;/h3-4,6,8,10H,5,7,9H2,1-2H3;3-6,9,12H,7-8H2,1-2H3;1,5-8,10H,9H2,2-3H3;10,12H,4-9H2,1-3H3;3-5,7H,6H2,1-2H3;3-6,12H,1-2H3;4-7H2,1-3H3;7-8H,3-6H2,1-2H3;3-4,7-8H,5-6H2,1-2H3;2*1H4. The van der Waals surface area contributed by atoms with Gasteiger partial charge < -0.3 is 53.4 Å². The van der Waals surface area contributed by atoms with Crippen molar-refractivity contribution in [1.82, 2.24) is 10.2 Å². The molecule has 5 aliphatic heterocycles. The molecule has 16 heteroatoms. The fourth-order valence-electron chi connectivity index (χ4n) is 11.9. The van der Waals surface area contributed by atoms with Crippen molar-refractivity contribution in [1.29, 1.82) is 0 Å². The van der Waals surface area contributed by atoms with Crippen LogP contribution in [0, 0.1) is 35.8 Å². The van der Waals surface area contributed by atoms with Crippen LogP contribution in [0.2, 0.25) is 0 Å². The highest BCUT2D eigenvalue weighted by Gasteiger charge is 2.25. The molecule has 2 N–H and O–H groups in total. The number of piperidine rings is 1. The number of likely N-dealkylation sites (tertiary alicyclic amines) is 1. The molecule has 3 fully saturated rings. The lowest BCUT2D eigenvalue weighted by atomic mass is 9.86. The topological polar surface area (TPSA) is 129 Å². The molecule has 5 aromatic rings. The van der Waals surface area contributed by atoms with Gasteiger partial charge in [0.15, 0.2) is 0 Å². The molecule has 2 saturated heterocycles. The molecular weight excluding hydrogens is 1360 g/mol. The lowest BCUT2D eigenvalue weighted by Gasteiger charge is -2.34. The van der Waals surface area contributed by atoms with Crippen molar-refractivity contribution < 1.29 is 46.7 Å². The van der Waals surface area contributed by atoms with Crippen molar-refractivity contribution in [2.24, 2.45) is 21.8 Å². The lowest BCUT2D eigenvalue weighted by molar-refractivity contribution is -0.150. The summed E-state index contributed by atoms with van der Waals surface area (Å²) in [5.41, 5.74) is 6.53. The summed E-state index contributed by atoms with van der Waals surface area (Å²) >= 11 is 0. The van der Waals surface area contributed by atoms with Crippen LogP contribution in [-0.4, -0.2) is 130 Å². The summed E-state index contributed by atoms with van der Waals surface area (Å²) < 4.78 is 70.1. The zero-order valence-electron chi connectivity index (χ0n) is 69.0. The van der Waals surface area contributed by atoms with Crippen LogP contribution in [0.5, 0.6) is 11.5 Å². The Hall–Kier alpha value is -6.26. The lowest BCUT2D eigenvalue weighted by Crippen LogP contribution is -2.38. The predicted octanol–water partition coefficient (Wildman–Crippen LogP) is 20.9. The first-order chi connectivity index (χ1) is 50.4. The van der Waals surface area contributed by atoms with E-state index < -0.39 is 11.6 Å². The van der Waals surface area contributed by atoms with Crippen molar-refractivity contribution in [2.45, 2.75) is 310 Å². The van der Waals surface area contributed by atoms with E-state index in [0.717, 1.165) is 76.8 Å². The van der Waals surface area contributed by atoms with Crippen LogP contribution >= 0.6 is 0 Å². The highest BCUT2D eigenvalue weighted by atomic mass is 19.1. The Bertz CT molecular complexity index is 3330. The van der Waals surface area contributed by atoms with E-state index in [1.807, 2.05) is 122 Å². The second kappa shape index (κ2) is 53.6. The fraction of sp³-hybridized carbons (Fsp3) is 0.630. The average Bonchev–Trinajstić information content (AvgIpc) is 1.15. The minimum absolute atomic E-state index is 0. The Balaban J connectivity index is 0.000000414. The maximum atomic E-state index is 12.9. The third kappa shape index (κ3) is 42.2. The van der Waals surface area contributed by atoms with Gasteiger partial charge in [0, 0.05) is 60.3 Å². The van der Waals surface area contributed by atoms with Crippen LogP contribution in [0.3, 0.4) is 0 Å². The van der Waals surface area contributed by atoms with Crippen molar-refractivity contribution in [3.05, 3.63) is 166 Å². The number of ether oxygens (including phenoxy) is 8. The number of hydrogen-bond donors (Lipinski definition) is 2. The van der Waals surface area contributed by atoms with E-state index in [0.29, 0.717) is 56.4 Å². The summed E-state index contributed by atoms with van der Waals surface area (Å²) in [7, 11) is 0. The Morgan fingerprint density at radius 2 is 1.21 bits per heavy atom. The summed E-state index contributed by atoms with van der Waals surface area (Å²) in [4.78, 5) is 13.5. The molecule has 12 rings (SSSR count). The van der Waals surface area contributed by atoms with Gasteiger partial charge in [-0.1, -0.05) is 93.9 Å². The zero-order valence-corrected chi connectivity index (χ0v) is 69.0. The second-order valence-electron chi connectivity index (χ2n) is 32.0. The summed E-state index contributed by atoms with van der Waals surface area (Å²) in [6.07, 6.45) is 27.0. The summed E-state index contributed by atoms with van der Waals surface area (Å²) in [5, 5.41) is 7.98. The molecule has 7 aliphatic rings. The third-order valence-electron chi connectivity index (χ3n) is 17.8. The van der Waals surface area contributed by atoms with Gasteiger partial charge in [-0.2, -0.15) is 0 Å². The first-order valence-electron chi connectivity index (χ1n) is 39.8. The molecule has 1 unspecified atom stereocenters. The highest BCUT2D eigenvalue weighted by molar-refractivity contribution is 5.56. The number of halogens is 2. The molecule has 608 valence electrons. The average molecular weight is 1500 g/mol. The highest BCUT2D eigenvalue weighted by Crippen LogP contribution is 2.30. The van der Waals surface area contributed by atoms with E-state index in [1.165, 1.54) is 126 Å². The smallest absolute Gasteiger partial charge is 0.223 e. The van der Waals surface area contributed by atoms with Gasteiger partial charge in [-0.3, -0.25) is 14.9 Å². The van der Waals surface area contributed by atoms with Gasteiger partial charge in [0.1, 0.15) is 42.1 Å². The van der Waals surface area contributed by atoms with Crippen molar-refractivity contribution in [3.8, 4) is 23.8 Å². The summed E-state index contributed by atoms with van der Waals surface area (Å²) in [5.74, 6) is 5.04. The number of benzene rings is 5. The third-order valence-corrected chi connectivity index (χ3v) is 17.8. The minimum Gasteiger partial charge on any atom is -0.491 e. The van der Waals surface area contributed by atoms with E-state index in [9.17, 15) is 8.78 Å². The molecule has 5 heterocycles. The fourth-order valence-corrected chi connectivity index (χ4v) is 11.9. The molecule has 0 spiro atoms. The number of fused-ring (bicyclic) bond motifs is 3. The number of rotatable bonds is 19. The molecular formula is C92H148F2N6O8. The predicted molar refractivity (Wildman–Crippen MR) is 450 cm³/mol. The van der Waals surface area contributed by atoms with Gasteiger partial charge >= 0.3 is 0 Å². The number of para-hydroxylation sites is 3. The molecule has 5 aromatic carbocycles. The van der Waals surface area contributed by atoms with E-state index in [4.69, 9.17) is 44.3 Å². The van der Waals surface area contributed by atoms with Gasteiger partial charge in [-0.25, -0.2) is 8.78 Å². The quantitative estimate of drug-likeness (QED) is 0.0603. The zero-order chi connectivity index (χ0) is 78.0. The molecule has 0 bridgehead atoms. The monoisotopic (exact) mass is 1500 g/mol. The van der Waals surface area contributed by atoms with E-state index in [1.54, 1.807) is 0 Å². The minimum atomic E-state index is -0.552. The Labute approximate surface area is 655 Å². The van der Waals surface area contributed by atoms with E-state index >= 15 is 0 Å². The summed E-state index contributed by atoms with van der Waals surface area (Å²) in [6.45, 7) is 52.3. The number of nitrogens with one attached hydrogen (secondary N) is 2. The maximum absolute atomic E-state index is 12.9. The van der Waals surface area contributed by atoms with Gasteiger partial charge in [0.2, 0.25) is 6.29 Å². The van der Waals surface area contributed by atoms with E-state index in [-0.39, 0.29) is 56.8 Å². The van der Waals surface area contributed by atoms with Gasteiger partial charge in [-0.15, -0.1) is 6.42 Å². The SMILES string of the molecule is C.C.C#Cc1ccc(COC(C)C)cc1.CC(C)(C)N1CCCC1.CC(C)(C)OCCC1CCNCC1.CC(C)N1CCCc2ccccc21.CC(C)Nc1c(F)cccc1F.CC(C)OC1CC=CC1.CC(C)OCC1CCC1.CC(C)OCC1OCc2ccccc2O1.CC(C)Oc1ccc2c(c1)=NCN=2. The number of hydrogen-bond acceptors (Lipinski definition) is 14. The normalized spacial score (nSPS) is 16.4. The first kappa shape index (κ1) is 97.8. The largest absolute Gasteiger partial charge is 0.491 e.